The number of nitrogens with one attached hydrogen (secondary N) is 1. The van der Waals surface area contributed by atoms with Gasteiger partial charge in [-0.3, -0.25) is 4.79 Å². The van der Waals surface area contributed by atoms with Crippen molar-refractivity contribution in [2.45, 2.75) is 19.4 Å². The molecule has 1 N–H and O–H groups in total. The summed E-state index contributed by atoms with van der Waals surface area (Å²) in [5, 5.41) is 3.32. The molecule has 3 rings (SSSR count). The minimum absolute atomic E-state index is 0. The highest BCUT2D eigenvalue weighted by Gasteiger charge is 2.26. The van der Waals surface area contributed by atoms with E-state index in [1.54, 1.807) is 0 Å². The number of piperazine rings is 1. The number of hydrogen-bond acceptors (Lipinski definition) is 3. The van der Waals surface area contributed by atoms with Crippen molar-refractivity contribution in [2.24, 2.45) is 0 Å². The summed E-state index contributed by atoms with van der Waals surface area (Å²) in [7, 11) is 0. The van der Waals surface area contributed by atoms with E-state index in [0.717, 1.165) is 32.6 Å². The van der Waals surface area contributed by atoms with Crippen LogP contribution in [0.25, 0.3) is 0 Å². The van der Waals surface area contributed by atoms with E-state index < -0.39 is 0 Å². The van der Waals surface area contributed by atoms with Crippen molar-refractivity contribution in [3.63, 3.8) is 0 Å². The van der Waals surface area contributed by atoms with Crippen molar-refractivity contribution in [1.82, 2.24) is 10.2 Å². The number of benzene rings is 1. The van der Waals surface area contributed by atoms with Crippen LogP contribution >= 0.6 is 24.8 Å². The average Bonchev–Trinajstić information content (AvgIpc) is 2.83. The molecule has 0 spiro atoms. The van der Waals surface area contributed by atoms with Crippen molar-refractivity contribution in [1.29, 1.82) is 0 Å². The number of para-hydroxylation sites is 1. The lowest BCUT2D eigenvalue weighted by atomic mass is 10.2. The van der Waals surface area contributed by atoms with E-state index in [4.69, 9.17) is 0 Å². The molecule has 0 radical (unpaired) electrons. The van der Waals surface area contributed by atoms with Crippen LogP contribution in [-0.4, -0.2) is 49.6 Å². The Balaban J connectivity index is 0.00000110. The minimum Gasteiger partial charge on any atom is -0.362 e. The molecule has 0 aromatic heterocycles. The fourth-order valence-corrected chi connectivity index (χ4v) is 3.04. The Morgan fingerprint density at radius 3 is 2.81 bits per heavy atom. The molecule has 1 amide bonds. The van der Waals surface area contributed by atoms with E-state index in [9.17, 15) is 4.79 Å². The van der Waals surface area contributed by atoms with Crippen molar-refractivity contribution in [2.75, 3.05) is 37.6 Å². The van der Waals surface area contributed by atoms with Gasteiger partial charge in [0.2, 0.25) is 5.91 Å². The molecule has 0 saturated carbocycles. The maximum Gasteiger partial charge on any atom is 0.242 e. The van der Waals surface area contributed by atoms with Crippen LogP contribution in [0.2, 0.25) is 0 Å². The molecular weight excluding hydrogens is 309 g/mol. The number of hydrogen-bond donors (Lipinski definition) is 1. The lowest BCUT2D eigenvalue weighted by Crippen LogP contribution is -2.54. The van der Waals surface area contributed by atoms with Gasteiger partial charge in [-0.25, -0.2) is 0 Å². The van der Waals surface area contributed by atoms with Crippen molar-refractivity contribution < 1.29 is 4.79 Å². The second kappa shape index (κ2) is 7.87. The number of anilines is 1. The van der Waals surface area contributed by atoms with Crippen LogP contribution < -0.4 is 10.2 Å². The second-order valence-electron chi connectivity index (χ2n) is 5.44. The normalized spacial score (nSPS) is 20.3. The molecule has 1 atom stereocenters. The van der Waals surface area contributed by atoms with Crippen LogP contribution in [0.1, 0.15) is 12.5 Å². The molecule has 4 nitrogen and oxygen atoms in total. The first-order valence-electron chi connectivity index (χ1n) is 7.09. The van der Waals surface area contributed by atoms with E-state index in [-0.39, 0.29) is 30.7 Å². The number of carbonyl (C=O) groups is 1. The predicted molar refractivity (Wildman–Crippen MR) is 90.9 cm³/mol. The van der Waals surface area contributed by atoms with Gasteiger partial charge in [0.25, 0.3) is 0 Å². The van der Waals surface area contributed by atoms with Gasteiger partial charge in [0.1, 0.15) is 0 Å². The molecule has 21 heavy (non-hydrogen) atoms. The van der Waals surface area contributed by atoms with Gasteiger partial charge in [-0.15, -0.1) is 24.8 Å². The predicted octanol–water partition coefficient (Wildman–Crippen LogP) is 1.71. The third-order valence-electron chi connectivity index (χ3n) is 4.13. The molecule has 1 fully saturated rings. The molecule has 1 aromatic rings. The van der Waals surface area contributed by atoms with Gasteiger partial charge < -0.3 is 15.1 Å². The maximum absolute atomic E-state index is 12.4. The summed E-state index contributed by atoms with van der Waals surface area (Å²) >= 11 is 0. The fourth-order valence-electron chi connectivity index (χ4n) is 3.04. The average molecular weight is 332 g/mol. The number of rotatable bonds is 2. The highest BCUT2D eigenvalue weighted by molar-refractivity contribution is 5.85. The van der Waals surface area contributed by atoms with Gasteiger partial charge in [0, 0.05) is 37.9 Å². The maximum atomic E-state index is 12.4. The summed E-state index contributed by atoms with van der Waals surface area (Å²) in [6.45, 7) is 6.24. The van der Waals surface area contributed by atoms with Gasteiger partial charge in [-0.1, -0.05) is 18.2 Å². The minimum atomic E-state index is 0. The monoisotopic (exact) mass is 331 g/mol. The number of fused-ring (bicyclic) bond motifs is 1. The molecule has 118 valence electrons. The van der Waals surface area contributed by atoms with E-state index >= 15 is 0 Å². The first-order valence-corrected chi connectivity index (χ1v) is 7.09. The van der Waals surface area contributed by atoms with Gasteiger partial charge in [-0.05, 0) is 25.0 Å². The third-order valence-corrected chi connectivity index (χ3v) is 4.13. The number of nitrogens with zero attached hydrogens (tertiary/aromatic N) is 2. The van der Waals surface area contributed by atoms with E-state index in [2.05, 4.69) is 41.4 Å². The van der Waals surface area contributed by atoms with Crippen LogP contribution in [0.4, 0.5) is 5.69 Å². The van der Waals surface area contributed by atoms with Crippen molar-refractivity contribution in [3.8, 4) is 0 Å². The van der Waals surface area contributed by atoms with Crippen molar-refractivity contribution in [3.05, 3.63) is 29.8 Å². The summed E-state index contributed by atoms with van der Waals surface area (Å²) in [5.74, 6) is 0.255. The SMILES string of the molecule is C[C@H]1CNCCN1C(=O)CN1CCc2ccccc21.Cl.Cl. The van der Waals surface area contributed by atoms with Crippen LogP contribution in [0.5, 0.6) is 0 Å². The first-order chi connectivity index (χ1) is 9.25. The molecule has 2 aliphatic rings. The largest absolute Gasteiger partial charge is 0.362 e. The molecular formula is C15H23Cl2N3O. The molecule has 0 aliphatic carbocycles. The Morgan fingerprint density at radius 1 is 1.29 bits per heavy atom. The van der Waals surface area contributed by atoms with Gasteiger partial charge >= 0.3 is 0 Å². The summed E-state index contributed by atoms with van der Waals surface area (Å²) in [4.78, 5) is 16.7. The van der Waals surface area contributed by atoms with Gasteiger partial charge in [0.15, 0.2) is 0 Å². The standard InChI is InChI=1S/C15H21N3O.2ClH/c1-12-10-16-7-9-18(12)15(19)11-17-8-6-13-4-2-3-5-14(13)17;;/h2-5,12,16H,6-11H2,1H3;2*1H/t12-;;/m0../s1. The van der Waals surface area contributed by atoms with E-state index in [0.29, 0.717) is 12.6 Å². The lowest BCUT2D eigenvalue weighted by Gasteiger charge is -2.35. The Bertz CT molecular complexity index is 484. The Morgan fingerprint density at radius 2 is 2.05 bits per heavy atom. The number of halogens is 2. The zero-order valence-electron chi connectivity index (χ0n) is 12.2. The summed E-state index contributed by atoms with van der Waals surface area (Å²) in [5.41, 5.74) is 2.60. The lowest BCUT2D eigenvalue weighted by molar-refractivity contribution is -0.132. The highest BCUT2D eigenvalue weighted by atomic mass is 35.5. The zero-order chi connectivity index (χ0) is 13.2. The first kappa shape index (κ1) is 18.1. The molecule has 0 unspecified atom stereocenters. The van der Waals surface area contributed by atoms with E-state index in [1.165, 1.54) is 11.3 Å². The molecule has 0 bridgehead atoms. The van der Waals surface area contributed by atoms with Crippen LogP contribution in [0.15, 0.2) is 24.3 Å². The van der Waals surface area contributed by atoms with Crippen LogP contribution in [0, 0.1) is 0 Å². The molecule has 6 heteroatoms. The number of amides is 1. The zero-order valence-corrected chi connectivity index (χ0v) is 13.9. The Kier molecular flexibility index (Phi) is 6.78. The van der Waals surface area contributed by atoms with Crippen LogP contribution in [0.3, 0.4) is 0 Å². The van der Waals surface area contributed by atoms with Crippen molar-refractivity contribution >= 4 is 36.4 Å². The highest BCUT2D eigenvalue weighted by Crippen LogP contribution is 2.27. The quantitative estimate of drug-likeness (QED) is 0.896. The van der Waals surface area contributed by atoms with E-state index in [1.807, 2.05) is 4.90 Å². The molecule has 2 heterocycles. The molecule has 1 saturated heterocycles. The fraction of sp³-hybridized carbons (Fsp3) is 0.533. The Hall–Kier alpha value is -0.970. The summed E-state index contributed by atoms with van der Waals surface area (Å²) in [6, 6.07) is 8.71. The topological polar surface area (TPSA) is 35.6 Å². The smallest absolute Gasteiger partial charge is 0.242 e. The van der Waals surface area contributed by atoms with Gasteiger partial charge in [-0.2, -0.15) is 0 Å². The Labute approximate surface area is 138 Å². The number of carbonyl (C=O) groups excluding carboxylic acids is 1. The third kappa shape index (κ3) is 3.82. The summed E-state index contributed by atoms with van der Waals surface area (Å²) < 4.78 is 0. The summed E-state index contributed by atoms with van der Waals surface area (Å²) in [6.07, 6.45) is 1.06. The second-order valence-corrected chi connectivity index (χ2v) is 5.44. The van der Waals surface area contributed by atoms with Crippen LogP contribution in [-0.2, 0) is 11.2 Å². The molecule has 1 aromatic carbocycles. The van der Waals surface area contributed by atoms with Gasteiger partial charge in [0.05, 0.1) is 6.54 Å². The molecule has 2 aliphatic heterocycles.